The summed E-state index contributed by atoms with van der Waals surface area (Å²) in [5.41, 5.74) is -0.335. The highest BCUT2D eigenvalue weighted by Gasteiger charge is 2.25. The van der Waals surface area contributed by atoms with Gasteiger partial charge in [0.2, 0.25) is 17.5 Å². The van der Waals surface area contributed by atoms with Crippen LogP contribution in [0, 0.1) is 29.1 Å². The van der Waals surface area contributed by atoms with Gasteiger partial charge in [-0.25, -0.2) is 31.9 Å². The molecule has 0 atom stereocenters. The number of rotatable bonds is 5. The number of aliphatic imine (C=N–C) groups is 1. The van der Waals surface area contributed by atoms with Gasteiger partial charge in [-0.1, -0.05) is 30.3 Å². The van der Waals surface area contributed by atoms with Gasteiger partial charge in [0.05, 0.1) is 24.6 Å². The van der Waals surface area contributed by atoms with E-state index >= 15 is 0 Å². The standard InChI is InChI=1S/C20H11F5N2O2/c1-29-20-11(7-8-12(27-20)10-5-3-2-4-6-10)13(28)9-26-19-17(24)15(22)14(21)16(23)18(19)25/h2-9H,1H3. The van der Waals surface area contributed by atoms with Crippen LogP contribution in [-0.4, -0.2) is 24.1 Å². The molecule has 0 bridgehead atoms. The summed E-state index contributed by atoms with van der Waals surface area (Å²) in [6.07, 6.45) is 0.431. The molecular formula is C20H11F5N2O2. The van der Waals surface area contributed by atoms with E-state index in [2.05, 4.69) is 9.98 Å². The SMILES string of the molecule is COc1nc(-c2ccccc2)ccc1C(=O)C=Nc1c(F)c(F)c(F)c(F)c1F. The largest absolute Gasteiger partial charge is 0.480 e. The van der Waals surface area contributed by atoms with E-state index in [1.807, 2.05) is 6.07 Å². The van der Waals surface area contributed by atoms with Crippen LogP contribution in [0.4, 0.5) is 27.6 Å². The second-order valence-corrected chi connectivity index (χ2v) is 5.66. The van der Waals surface area contributed by atoms with E-state index in [1.54, 1.807) is 24.3 Å². The van der Waals surface area contributed by atoms with Gasteiger partial charge >= 0.3 is 0 Å². The Bertz CT molecular complexity index is 1090. The number of pyridine rings is 1. The Morgan fingerprint density at radius 3 is 2.07 bits per heavy atom. The molecule has 0 amide bonds. The number of halogens is 5. The van der Waals surface area contributed by atoms with Crippen molar-refractivity contribution in [3.05, 3.63) is 77.1 Å². The van der Waals surface area contributed by atoms with Crippen LogP contribution in [0.25, 0.3) is 11.3 Å². The number of ketones is 1. The summed E-state index contributed by atoms with van der Waals surface area (Å²) in [6.45, 7) is 0. The van der Waals surface area contributed by atoms with Gasteiger partial charge in [-0.05, 0) is 12.1 Å². The van der Waals surface area contributed by atoms with Crippen LogP contribution in [0.2, 0.25) is 0 Å². The molecule has 1 heterocycles. The molecule has 29 heavy (non-hydrogen) atoms. The maximum atomic E-state index is 13.7. The maximum absolute atomic E-state index is 13.7. The molecule has 3 rings (SSSR count). The van der Waals surface area contributed by atoms with E-state index in [9.17, 15) is 26.7 Å². The zero-order chi connectivity index (χ0) is 21.1. The quantitative estimate of drug-likeness (QED) is 0.196. The van der Waals surface area contributed by atoms with Crippen molar-refractivity contribution >= 4 is 17.7 Å². The molecule has 0 fully saturated rings. The topological polar surface area (TPSA) is 51.5 Å². The van der Waals surface area contributed by atoms with Gasteiger partial charge in [0.1, 0.15) is 5.69 Å². The number of Topliss-reactive ketones (excluding diaryl/α,β-unsaturated/α-hetero) is 1. The van der Waals surface area contributed by atoms with Gasteiger partial charge < -0.3 is 4.74 Å². The van der Waals surface area contributed by atoms with Crippen molar-refractivity contribution in [3.63, 3.8) is 0 Å². The van der Waals surface area contributed by atoms with Crippen molar-refractivity contribution in [2.24, 2.45) is 4.99 Å². The van der Waals surface area contributed by atoms with Gasteiger partial charge in [-0.2, -0.15) is 0 Å². The molecule has 0 saturated heterocycles. The van der Waals surface area contributed by atoms with Gasteiger partial charge in [-0.15, -0.1) is 0 Å². The number of aromatic nitrogens is 1. The van der Waals surface area contributed by atoms with E-state index < -0.39 is 40.6 Å². The Morgan fingerprint density at radius 2 is 1.48 bits per heavy atom. The van der Waals surface area contributed by atoms with Gasteiger partial charge in [0.25, 0.3) is 0 Å². The lowest BCUT2D eigenvalue weighted by Crippen LogP contribution is -2.06. The Hall–Kier alpha value is -3.62. The number of carbonyl (C=O) groups excluding carboxylic acids is 1. The predicted molar refractivity (Wildman–Crippen MR) is 94.9 cm³/mol. The predicted octanol–water partition coefficient (Wildman–Crippen LogP) is 5.04. The molecule has 9 heteroatoms. The molecule has 3 aromatic rings. The molecule has 0 saturated carbocycles. The number of benzene rings is 2. The fourth-order valence-corrected chi connectivity index (χ4v) is 2.45. The van der Waals surface area contributed by atoms with Crippen molar-refractivity contribution in [1.29, 1.82) is 0 Å². The first kappa shape index (κ1) is 20.1. The fourth-order valence-electron chi connectivity index (χ4n) is 2.45. The second kappa shape index (κ2) is 8.17. The molecular weight excluding hydrogens is 395 g/mol. The summed E-state index contributed by atoms with van der Waals surface area (Å²) < 4.78 is 71.9. The lowest BCUT2D eigenvalue weighted by atomic mass is 10.1. The minimum absolute atomic E-state index is 0.0970. The van der Waals surface area contributed by atoms with Crippen LogP contribution >= 0.6 is 0 Å². The Labute approximate surface area is 161 Å². The van der Waals surface area contributed by atoms with E-state index in [4.69, 9.17) is 4.74 Å². The van der Waals surface area contributed by atoms with Crippen LogP contribution in [0.3, 0.4) is 0 Å². The third kappa shape index (κ3) is 3.84. The zero-order valence-electron chi connectivity index (χ0n) is 14.7. The van der Waals surface area contributed by atoms with Crippen LogP contribution in [0.1, 0.15) is 10.4 Å². The van der Waals surface area contributed by atoms with Crippen LogP contribution < -0.4 is 4.74 Å². The molecule has 148 valence electrons. The fraction of sp³-hybridized carbons (Fsp3) is 0.0500. The zero-order valence-corrected chi connectivity index (χ0v) is 14.7. The molecule has 0 spiro atoms. The number of methoxy groups -OCH3 is 1. The highest BCUT2D eigenvalue weighted by molar-refractivity contribution is 6.36. The summed E-state index contributed by atoms with van der Waals surface area (Å²) in [5.74, 6) is -11.9. The molecule has 0 aliphatic heterocycles. The Balaban J connectivity index is 1.96. The highest BCUT2D eigenvalue weighted by atomic mass is 19.2. The number of hydrogen-bond acceptors (Lipinski definition) is 4. The van der Waals surface area contributed by atoms with Crippen molar-refractivity contribution in [3.8, 4) is 17.1 Å². The minimum atomic E-state index is -2.31. The third-order valence-electron chi connectivity index (χ3n) is 3.89. The lowest BCUT2D eigenvalue weighted by Gasteiger charge is -2.08. The van der Waals surface area contributed by atoms with E-state index in [0.717, 1.165) is 5.56 Å². The van der Waals surface area contributed by atoms with Gasteiger partial charge in [0, 0.05) is 5.56 Å². The molecule has 0 unspecified atom stereocenters. The first-order valence-electron chi connectivity index (χ1n) is 8.05. The Morgan fingerprint density at radius 1 is 0.897 bits per heavy atom. The molecule has 0 radical (unpaired) electrons. The van der Waals surface area contributed by atoms with E-state index in [-0.39, 0.29) is 11.4 Å². The molecule has 0 aliphatic carbocycles. The molecule has 0 aliphatic rings. The highest BCUT2D eigenvalue weighted by Crippen LogP contribution is 2.29. The smallest absolute Gasteiger partial charge is 0.225 e. The van der Waals surface area contributed by atoms with E-state index in [0.29, 0.717) is 11.9 Å². The number of hydrogen-bond donors (Lipinski definition) is 0. The van der Waals surface area contributed by atoms with Gasteiger partial charge in [-0.3, -0.25) is 4.79 Å². The van der Waals surface area contributed by atoms with Crippen molar-refractivity contribution in [1.82, 2.24) is 4.98 Å². The average molecular weight is 406 g/mol. The average Bonchev–Trinajstić information content (AvgIpc) is 2.76. The molecule has 2 aromatic carbocycles. The van der Waals surface area contributed by atoms with Crippen molar-refractivity contribution < 1.29 is 31.5 Å². The summed E-state index contributed by atoms with van der Waals surface area (Å²) >= 11 is 0. The number of carbonyl (C=O) groups is 1. The summed E-state index contributed by atoms with van der Waals surface area (Å²) in [6, 6.07) is 11.8. The van der Waals surface area contributed by atoms with Crippen LogP contribution in [-0.2, 0) is 0 Å². The molecule has 0 N–H and O–H groups in total. The minimum Gasteiger partial charge on any atom is -0.480 e. The second-order valence-electron chi connectivity index (χ2n) is 5.66. The Kier molecular flexibility index (Phi) is 5.67. The first-order chi connectivity index (χ1) is 13.8. The van der Waals surface area contributed by atoms with Crippen molar-refractivity contribution in [2.45, 2.75) is 0 Å². The van der Waals surface area contributed by atoms with Crippen LogP contribution in [0.15, 0.2) is 47.5 Å². The molecule has 4 nitrogen and oxygen atoms in total. The number of nitrogens with zero attached hydrogens (tertiary/aromatic N) is 2. The third-order valence-corrected chi connectivity index (χ3v) is 3.89. The first-order valence-corrected chi connectivity index (χ1v) is 8.05. The summed E-state index contributed by atoms with van der Waals surface area (Å²) in [5, 5.41) is 0. The van der Waals surface area contributed by atoms with Gasteiger partial charge in [0.15, 0.2) is 23.3 Å². The lowest BCUT2D eigenvalue weighted by molar-refractivity contribution is 0.106. The summed E-state index contributed by atoms with van der Waals surface area (Å²) in [4.78, 5) is 19.7. The summed E-state index contributed by atoms with van der Waals surface area (Å²) in [7, 11) is 1.26. The maximum Gasteiger partial charge on any atom is 0.225 e. The van der Waals surface area contributed by atoms with Crippen molar-refractivity contribution in [2.75, 3.05) is 7.11 Å². The monoisotopic (exact) mass is 406 g/mol. The van der Waals surface area contributed by atoms with Crippen LogP contribution in [0.5, 0.6) is 5.88 Å². The van der Waals surface area contributed by atoms with E-state index in [1.165, 1.54) is 19.2 Å². The normalized spacial score (nSPS) is 11.1. The molecule has 1 aromatic heterocycles. The number of ether oxygens (including phenoxy) is 1.